The number of nitrogens with zero attached hydrogens (tertiary/aromatic N) is 3. The van der Waals surface area contributed by atoms with Gasteiger partial charge in [-0.2, -0.15) is 0 Å². The normalized spacial score (nSPS) is 10.4. The van der Waals surface area contributed by atoms with E-state index in [1.54, 1.807) is 12.4 Å². The number of pyridine rings is 1. The summed E-state index contributed by atoms with van der Waals surface area (Å²) in [4.78, 5) is 24.9. The summed E-state index contributed by atoms with van der Waals surface area (Å²) < 4.78 is 0. The highest BCUT2D eigenvalue weighted by atomic mass is 16.1. The molecule has 6 heteroatoms. The number of aromatic nitrogens is 3. The van der Waals surface area contributed by atoms with Crippen molar-refractivity contribution in [3.8, 4) is 0 Å². The molecule has 0 saturated heterocycles. The van der Waals surface area contributed by atoms with Gasteiger partial charge < -0.3 is 10.6 Å². The molecule has 0 atom stereocenters. The molecule has 3 aromatic rings. The lowest BCUT2D eigenvalue weighted by molar-refractivity contribution is 0.102. The first-order valence-corrected chi connectivity index (χ1v) is 8.52. The number of carbonyl (C=O) groups excluding carboxylic acids is 1. The average molecular weight is 347 g/mol. The van der Waals surface area contributed by atoms with Gasteiger partial charge in [0.15, 0.2) is 0 Å². The summed E-state index contributed by atoms with van der Waals surface area (Å²) in [5.74, 6) is 0.262. The minimum atomic E-state index is -0.213. The molecule has 2 aromatic heterocycles. The Hall–Kier alpha value is -3.28. The number of aryl methyl sites for hydroxylation is 2. The SMILES string of the molecule is CCc1cccc(C)c1NC(=O)c1cnc(NCc2ccncc2)nc1. The van der Waals surface area contributed by atoms with Gasteiger partial charge in [0, 0.05) is 37.0 Å². The quantitative estimate of drug-likeness (QED) is 0.712. The predicted molar refractivity (Wildman–Crippen MR) is 102 cm³/mol. The van der Waals surface area contributed by atoms with Gasteiger partial charge in [-0.05, 0) is 42.2 Å². The molecule has 1 amide bonds. The lowest BCUT2D eigenvalue weighted by Gasteiger charge is -2.13. The van der Waals surface area contributed by atoms with E-state index in [1.807, 2.05) is 37.3 Å². The number of rotatable bonds is 6. The molecule has 0 spiro atoms. The van der Waals surface area contributed by atoms with Crippen LogP contribution in [0.4, 0.5) is 11.6 Å². The van der Waals surface area contributed by atoms with Crippen molar-refractivity contribution in [3.63, 3.8) is 0 Å². The molecule has 0 fully saturated rings. The topological polar surface area (TPSA) is 79.8 Å². The first-order valence-electron chi connectivity index (χ1n) is 8.52. The molecule has 0 aliphatic heterocycles. The number of amides is 1. The van der Waals surface area contributed by atoms with E-state index in [1.165, 1.54) is 12.4 Å². The second-order valence-electron chi connectivity index (χ2n) is 5.92. The summed E-state index contributed by atoms with van der Waals surface area (Å²) in [5, 5.41) is 6.10. The first-order chi connectivity index (χ1) is 12.7. The van der Waals surface area contributed by atoms with Crippen LogP contribution in [0.25, 0.3) is 0 Å². The van der Waals surface area contributed by atoms with Crippen LogP contribution in [0.15, 0.2) is 55.1 Å². The molecule has 2 N–H and O–H groups in total. The highest BCUT2D eigenvalue weighted by Crippen LogP contribution is 2.21. The maximum Gasteiger partial charge on any atom is 0.258 e. The third kappa shape index (κ3) is 4.22. The van der Waals surface area contributed by atoms with Crippen LogP contribution in [0, 0.1) is 6.92 Å². The average Bonchev–Trinajstić information content (AvgIpc) is 2.69. The van der Waals surface area contributed by atoms with E-state index in [2.05, 4.69) is 32.5 Å². The van der Waals surface area contributed by atoms with Crippen molar-refractivity contribution in [1.82, 2.24) is 15.0 Å². The monoisotopic (exact) mass is 347 g/mol. The molecular formula is C20H21N5O. The molecule has 26 heavy (non-hydrogen) atoms. The molecule has 0 unspecified atom stereocenters. The van der Waals surface area contributed by atoms with Crippen LogP contribution in [0.5, 0.6) is 0 Å². The van der Waals surface area contributed by atoms with Crippen molar-refractivity contribution in [1.29, 1.82) is 0 Å². The Kier molecular flexibility index (Phi) is 5.53. The Morgan fingerprint density at radius 2 is 1.81 bits per heavy atom. The van der Waals surface area contributed by atoms with Crippen molar-refractivity contribution < 1.29 is 4.79 Å². The molecule has 0 aliphatic carbocycles. The van der Waals surface area contributed by atoms with E-state index in [4.69, 9.17) is 0 Å². The molecule has 1 aromatic carbocycles. The number of para-hydroxylation sites is 1. The summed E-state index contributed by atoms with van der Waals surface area (Å²) in [6.45, 7) is 4.64. The van der Waals surface area contributed by atoms with Gasteiger partial charge in [-0.15, -0.1) is 0 Å². The minimum Gasteiger partial charge on any atom is -0.350 e. The van der Waals surface area contributed by atoms with Crippen LogP contribution in [-0.2, 0) is 13.0 Å². The van der Waals surface area contributed by atoms with E-state index in [0.29, 0.717) is 18.1 Å². The van der Waals surface area contributed by atoms with Crippen molar-refractivity contribution in [3.05, 3.63) is 77.4 Å². The molecular weight excluding hydrogens is 326 g/mol. The maximum atomic E-state index is 12.5. The van der Waals surface area contributed by atoms with E-state index >= 15 is 0 Å². The lowest BCUT2D eigenvalue weighted by atomic mass is 10.1. The highest BCUT2D eigenvalue weighted by molar-refractivity contribution is 6.04. The fourth-order valence-electron chi connectivity index (χ4n) is 2.61. The van der Waals surface area contributed by atoms with Crippen LogP contribution in [0.2, 0.25) is 0 Å². The largest absolute Gasteiger partial charge is 0.350 e. The maximum absolute atomic E-state index is 12.5. The van der Waals surface area contributed by atoms with Crippen LogP contribution >= 0.6 is 0 Å². The molecule has 6 nitrogen and oxygen atoms in total. The van der Waals surface area contributed by atoms with Gasteiger partial charge in [0.2, 0.25) is 5.95 Å². The van der Waals surface area contributed by atoms with Gasteiger partial charge in [-0.1, -0.05) is 25.1 Å². The smallest absolute Gasteiger partial charge is 0.258 e. The Balaban J connectivity index is 1.66. The number of anilines is 2. The summed E-state index contributed by atoms with van der Waals surface area (Å²) in [7, 11) is 0. The Bertz CT molecular complexity index is 878. The Morgan fingerprint density at radius 1 is 1.08 bits per heavy atom. The molecule has 0 saturated carbocycles. The second kappa shape index (κ2) is 8.20. The van der Waals surface area contributed by atoms with Crippen molar-refractivity contribution in [2.24, 2.45) is 0 Å². The fraction of sp³-hybridized carbons (Fsp3) is 0.200. The summed E-state index contributed by atoms with van der Waals surface area (Å²) in [5.41, 5.74) is 4.51. The highest BCUT2D eigenvalue weighted by Gasteiger charge is 2.11. The molecule has 0 radical (unpaired) electrons. The standard InChI is InChI=1S/C20H21N5O/c1-3-16-6-4-5-14(2)18(16)25-19(26)17-12-23-20(24-13-17)22-11-15-7-9-21-10-8-15/h4-10,12-13H,3,11H2,1-2H3,(H,25,26)(H,22,23,24). The fourth-order valence-corrected chi connectivity index (χ4v) is 2.61. The van der Waals surface area contributed by atoms with Crippen LogP contribution < -0.4 is 10.6 Å². The van der Waals surface area contributed by atoms with E-state index in [9.17, 15) is 4.79 Å². The van der Waals surface area contributed by atoms with Gasteiger partial charge in [0.05, 0.1) is 5.56 Å². The molecule has 2 heterocycles. The molecule has 132 valence electrons. The second-order valence-corrected chi connectivity index (χ2v) is 5.92. The zero-order chi connectivity index (χ0) is 18.4. The Morgan fingerprint density at radius 3 is 2.50 bits per heavy atom. The number of hydrogen-bond acceptors (Lipinski definition) is 5. The van der Waals surface area contributed by atoms with Crippen molar-refractivity contribution in [2.75, 3.05) is 10.6 Å². The zero-order valence-corrected chi connectivity index (χ0v) is 14.9. The molecule has 0 aliphatic rings. The number of carbonyl (C=O) groups is 1. The summed E-state index contributed by atoms with van der Waals surface area (Å²) in [6, 6.07) is 9.84. The van der Waals surface area contributed by atoms with Crippen LogP contribution in [0.1, 0.15) is 34.0 Å². The number of benzene rings is 1. The van der Waals surface area contributed by atoms with Gasteiger partial charge in [0.1, 0.15) is 0 Å². The van der Waals surface area contributed by atoms with Gasteiger partial charge >= 0.3 is 0 Å². The van der Waals surface area contributed by atoms with Gasteiger partial charge in [0.25, 0.3) is 5.91 Å². The Labute approximate surface area is 152 Å². The third-order valence-corrected chi connectivity index (χ3v) is 4.09. The van der Waals surface area contributed by atoms with Crippen LogP contribution in [0.3, 0.4) is 0 Å². The summed E-state index contributed by atoms with van der Waals surface area (Å²) in [6.07, 6.45) is 7.39. The minimum absolute atomic E-state index is 0.213. The van der Waals surface area contributed by atoms with Crippen molar-refractivity contribution >= 4 is 17.5 Å². The zero-order valence-electron chi connectivity index (χ0n) is 14.9. The van der Waals surface area contributed by atoms with E-state index < -0.39 is 0 Å². The molecule has 0 bridgehead atoms. The third-order valence-electron chi connectivity index (χ3n) is 4.09. The van der Waals surface area contributed by atoms with E-state index in [-0.39, 0.29) is 5.91 Å². The predicted octanol–water partition coefficient (Wildman–Crippen LogP) is 3.61. The van der Waals surface area contributed by atoms with Gasteiger partial charge in [-0.25, -0.2) is 9.97 Å². The number of hydrogen-bond donors (Lipinski definition) is 2. The lowest BCUT2D eigenvalue weighted by Crippen LogP contribution is -2.15. The molecule has 3 rings (SSSR count). The van der Waals surface area contributed by atoms with Crippen molar-refractivity contribution in [2.45, 2.75) is 26.8 Å². The first kappa shape index (κ1) is 17.5. The van der Waals surface area contributed by atoms with Crippen LogP contribution in [-0.4, -0.2) is 20.9 Å². The van der Waals surface area contributed by atoms with E-state index in [0.717, 1.165) is 28.8 Å². The summed E-state index contributed by atoms with van der Waals surface area (Å²) >= 11 is 0. The van der Waals surface area contributed by atoms with Gasteiger partial charge in [-0.3, -0.25) is 9.78 Å². The number of nitrogens with one attached hydrogen (secondary N) is 2.